The molecule has 2 heterocycles. The Morgan fingerprint density at radius 2 is 2.15 bits per heavy atom. The van der Waals surface area contributed by atoms with E-state index >= 15 is 0 Å². The van der Waals surface area contributed by atoms with E-state index in [9.17, 15) is 5.11 Å². The lowest BCUT2D eigenvalue weighted by atomic mass is 9.89. The Morgan fingerprint density at radius 1 is 1.40 bits per heavy atom. The molecule has 0 aliphatic carbocycles. The lowest BCUT2D eigenvalue weighted by Gasteiger charge is -2.22. The zero-order valence-electron chi connectivity index (χ0n) is 12.6. The van der Waals surface area contributed by atoms with Gasteiger partial charge in [-0.1, -0.05) is 25.9 Å². The first-order valence-electron chi connectivity index (χ1n) is 6.95. The van der Waals surface area contributed by atoms with Crippen molar-refractivity contribution in [1.29, 1.82) is 0 Å². The number of aliphatic hydroxyl groups is 1. The third kappa shape index (κ3) is 4.02. The van der Waals surface area contributed by atoms with Crippen molar-refractivity contribution in [3.8, 4) is 0 Å². The molecule has 0 fully saturated rings. The van der Waals surface area contributed by atoms with Crippen LogP contribution in [0.25, 0.3) is 11.1 Å². The summed E-state index contributed by atoms with van der Waals surface area (Å²) in [6.45, 7) is 9.54. The standard InChI is InChI=1S/C15H23N3O2/c1-10-13-5-11(8-17-14(13)20-18-10)7-16-9-12(19)6-15(2,3)4/h5,8,12,16,19H,6-7,9H2,1-4H3. The van der Waals surface area contributed by atoms with Crippen molar-refractivity contribution in [2.75, 3.05) is 6.54 Å². The molecular formula is C15H23N3O2. The van der Waals surface area contributed by atoms with Crippen LogP contribution in [0, 0.1) is 12.3 Å². The maximum absolute atomic E-state index is 9.94. The SMILES string of the molecule is Cc1noc2ncc(CNCC(O)CC(C)(C)C)cc12. The van der Waals surface area contributed by atoms with E-state index in [1.807, 2.05) is 13.0 Å². The minimum Gasteiger partial charge on any atom is -0.392 e. The Labute approximate surface area is 119 Å². The summed E-state index contributed by atoms with van der Waals surface area (Å²) in [5.74, 6) is 0. The van der Waals surface area contributed by atoms with Crippen molar-refractivity contribution in [3.63, 3.8) is 0 Å². The fourth-order valence-corrected chi connectivity index (χ4v) is 2.25. The molecule has 1 unspecified atom stereocenters. The third-order valence-electron chi connectivity index (χ3n) is 3.12. The van der Waals surface area contributed by atoms with Gasteiger partial charge in [-0.05, 0) is 30.4 Å². The summed E-state index contributed by atoms with van der Waals surface area (Å²) in [7, 11) is 0. The predicted molar refractivity (Wildman–Crippen MR) is 78.3 cm³/mol. The van der Waals surface area contributed by atoms with Gasteiger partial charge in [0.15, 0.2) is 0 Å². The summed E-state index contributed by atoms with van der Waals surface area (Å²) >= 11 is 0. The van der Waals surface area contributed by atoms with E-state index in [1.165, 1.54) is 0 Å². The summed E-state index contributed by atoms with van der Waals surface area (Å²) in [5, 5.41) is 18.0. The number of aliphatic hydroxyl groups excluding tert-OH is 1. The molecular weight excluding hydrogens is 254 g/mol. The molecule has 5 nitrogen and oxygen atoms in total. The monoisotopic (exact) mass is 277 g/mol. The number of rotatable bonds is 5. The van der Waals surface area contributed by atoms with Crippen LogP contribution in [-0.4, -0.2) is 27.9 Å². The van der Waals surface area contributed by atoms with E-state index in [2.05, 4.69) is 36.2 Å². The lowest BCUT2D eigenvalue weighted by Crippen LogP contribution is -2.29. The summed E-state index contributed by atoms with van der Waals surface area (Å²) < 4.78 is 5.08. The number of hydrogen-bond donors (Lipinski definition) is 2. The number of nitrogens with one attached hydrogen (secondary N) is 1. The van der Waals surface area contributed by atoms with Crippen molar-refractivity contribution in [2.45, 2.75) is 46.8 Å². The topological polar surface area (TPSA) is 71.2 Å². The van der Waals surface area contributed by atoms with Crippen LogP contribution >= 0.6 is 0 Å². The molecule has 0 bridgehead atoms. The van der Waals surface area contributed by atoms with Crippen LogP contribution in [0.1, 0.15) is 38.4 Å². The minimum atomic E-state index is -0.330. The van der Waals surface area contributed by atoms with Crippen molar-refractivity contribution < 1.29 is 9.63 Å². The van der Waals surface area contributed by atoms with Gasteiger partial charge in [-0.2, -0.15) is 0 Å². The number of pyridine rings is 1. The van der Waals surface area contributed by atoms with Crippen LogP contribution in [0.2, 0.25) is 0 Å². The van der Waals surface area contributed by atoms with E-state index in [0.717, 1.165) is 23.1 Å². The van der Waals surface area contributed by atoms with Crippen LogP contribution in [0.3, 0.4) is 0 Å². The molecule has 5 heteroatoms. The third-order valence-corrected chi connectivity index (χ3v) is 3.12. The Hall–Kier alpha value is -1.46. The maximum atomic E-state index is 9.94. The number of fused-ring (bicyclic) bond motifs is 1. The second kappa shape index (κ2) is 5.89. The van der Waals surface area contributed by atoms with Gasteiger partial charge in [0, 0.05) is 19.3 Å². The van der Waals surface area contributed by atoms with Crippen molar-refractivity contribution >= 4 is 11.1 Å². The molecule has 0 aliphatic rings. The van der Waals surface area contributed by atoms with Crippen LogP contribution in [-0.2, 0) is 6.54 Å². The molecule has 110 valence electrons. The first kappa shape index (κ1) is 14.9. The van der Waals surface area contributed by atoms with Crippen LogP contribution in [0.5, 0.6) is 0 Å². The van der Waals surface area contributed by atoms with E-state index in [4.69, 9.17) is 4.52 Å². The summed E-state index contributed by atoms with van der Waals surface area (Å²) in [6, 6.07) is 2.03. The highest BCUT2D eigenvalue weighted by molar-refractivity contribution is 5.75. The van der Waals surface area contributed by atoms with Gasteiger partial charge < -0.3 is 14.9 Å². The fraction of sp³-hybridized carbons (Fsp3) is 0.600. The summed E-state index contributed by atoms with van der Waals surface area (Å²) in [5.41, 5.74) is 2.62. The van der Waals surface area contributed by atoms with Gasteiger partial charge in [-0.15, -0.1) is 0 Å². The first-order valence-corrected chi connectivity index (χ1v) is 6.95. The molecule has 0 spiro atoms. The molecule has 2 aromatic rings. The molecule has 2 N–H and O–H groups in total. The average Bonchev–Trinajstić information content (AvgIpc) is 2.69. The number of hydrogen-bond acceptors (Lipinski definition) is 5. The van der Waals surface area contributed by atoms with E-state index in [-0.39, 0.29) is 11.5 Å². The average molecular weight is 277 g/mol. The van der Waals surface area contributed by atoms with Crippen LogP contribution < -0.4 is 5.32 Å². The molecule has 1 atom stereocenters. The molecule has 0 saturated carbocycles. The highest BCUT2D eigenvalue weighted by atomic mass is 16.5. The molecule has 0 aromatic carbocycles. The van der Waals surface area contributed by atoms with Crippen LogP contribution in [0.4, 0.5) is 0 Å². The fourth-order valence-electron chi connectivity index (χ4n) is 2.25. The molecule has 0 aliphatic heterocycles. The van der Waals surface area contributed by atoms with Crippen molar-refractivity contribution in [1.82, 2.24) is 15.5 Å². The maximum Gasteiger partial charge on any atom is 0.257 e. The lowest BCUT2D eigenvalue weighted by molar-refractivity contribution is 0.119. The zero-order chi connectivity index (χ0) is 14.8. The van der Waals surface area contributed by atoms with Gasteiger partial charge in [0.2, 0.25) is 0 Å². The Morgan fingerprint density at radius 3 is 2.85 bits per heavy atom. The van der Waals surface area contributed by atoms with Gasteiger partial charge >= 0.3 is 0 Å². The van der Waals surface area contributed by atoms with Gasteiger partial charge in [-0.3, -0.25) is 0 Å². The Bertz CT molecular complexity index is 572. The molecule has 20 heavy (non-hydrogen) atoms. The molecule has 0 amide bonds. The van der Waals surface area contributed by atoms with Gasteiger partial charge in [0.1, 0.15) is 0 Å². The zero-order valence-corrected chi connectivity index (χ0v) is 12.6. The smallest absolute Gasteiger partial charge is 0.257 e. The largest absolute Gasteiger partial charge is 0.392 e. The summed E-state index contributed by atoms with van der Waals surface area (Å²) in [4.78, 5) is 4.23. The van der Waals surface area contributed by atoms with Gasteiger partial charge in [0.05, 0.1) is 17.2 Å². The second-order valence-corrected chi connectivity index (χ2v) is 6.51. The molecule has 2 rings (SSSR count). The highest BCUT2D eigenvalue weighted by Gasteiger charge is 2.16. The molecule has 0 radical (unpaired) electrons. The predicted octanol–water partition coefficient (Wildman–Crippen LogP) is 2.42. The first-order chi connectivity index (χ1) is 9.35. The second-order valence-electron chi connectivity index (χ2n) is 6.51. The van der Waals surface area contributed by atoms with Gasteiger partial charge in [-0.25, -0.2) is 4.98 Å². The van der Waals surface area contributed by atoms with Crippen LogP contribution in [0.15, 0.2) is 16.8 Å². The Balaban J connectivity index is 1.88. The molecule has 0 saturated heterocycles. The normalized spacial score (nSPS) is 13.8. The number of nitrogens with zero attached hydrogens (tertiary/aromatic N) is 2. The van der Waals surface area contributed by atoms with Gasteiger partial charge in [0.25, 0.3) is 5.71 Å². The minimum absolute atomic E-state index is 0.140. The number of aryl methyl sites for hydroxylation is 1. The quantitative estimate of drug-likeness (QED) is 0.878. The van der Waals surface area contributed by atoms with E-state index in [0.29, 0.717) is 18.8 Å². The number of aromatic nitrogens is 2. The van der Waals surface area contributed by atoms with E-state index in [1.54, 1.807) is 6.20 Å². The Kier molecular flexibility index (Phi) is 4.40. The molecule has 2 aromatic heterocycles. The van der Waals surface area contributed by atoms with Crippen molar-refractivity contribution in [3.05, 3.63) is 23.5 Å². The summed E-state index contributed by atoms with van der Waals surface area (Å²) in [6.07, 6.45) is 2.22. The van der Waals surface area contributed by atoms with E-state index < -0.39 is 0 Å². The van der Waals surface area contributed by atoms with Crippen molar-refractivity contribution in [2.24, 2.45) is 5.41 Å². The highest BCUT2D eigenvalue weighted by Crippen LogP contribution is 2.20.